The third kappa shape index (κ3) is 5.32. The molecule has 1 aliphatic rings. The number of carbonyl (C=O) groups is 1. The Morgan fingerprint density at radius 2 is 2.04 bits per heavy atom. The fourth-order valence-corrected chi connectivity index (χ4v) is 3.47. The van der Waals surface area contributed by atoms with Crippen LogP contribution in [0.3, 0.4) is 0 Å². The largest absolute Gasteiger partial charge is 0.341 e. The van der Waals surface area contributed by atoms with E-state index in [4.69, 9.17) is 5.73 Å². The summed E-state index contributed by atoms with van der Waals surface area (Å²) in [6, 6.07) is 10.3. The summed E-state index contributed by atoms with van der Waals surface area (Å²) in [6.45, 7) is 10.9. The standard InChI is InChI=1S/C20H33N3O/c1-4-23(20(24)19(21)16(2)3)15-18-11-8-12-22(14-18)13-17-9-6-5-7-10-17/h5-7,9-10,16,18-19H,4,8,11-15,21H2,1-3H3/t18?,19-/m0/s1. The van der Waals surface area contributed by atoms with Crippen molar-refractivity contribution >= 4 is 5.91 Å². The Balaban J connectivity index is 1.90. The van der Waals surface area contributed by atoms with Crippen LogP contribution in [0.25, 0.3) is 0 Å². The van der Waals surface area contributed by atoms with Crippen molar-refractivity contribution in [1.29, 1.82) is 0 Å². The summed E-state index contributed by atoms with van der Waals surface area (Å²) in [6.07, 6.45) is 2.41. The predicted octanol–water partition coefficient (Wildman–Crippen LogP) is 2.73. The summed E-state index contributed by atoms with van der Waals surface area (Å²) in [5, 5.41) is 0. The smallest absolute Gasteiger partial charge is 0.239 e. The van der Waals surface area contributed by atoms with E-state index < -0.39 is 0 Å². The van der Waals surface area contributed by atoms with Gasteiger partial charge in [0.15, 0.2) is 0 Å². The van der Waals surface area contributed by atoms with Gasteiger partial charge in [0.1, 0.15) is 0 Å². The lowest BCUT2D eigenvalue weighted by molar-refractivity contribution is -0.134. The Kier molecular flexibility index (Phi) is 7.25. The third-order valence-electron chi connectivity index (χ3n) is 5.03. The average Bonchev–Trinajstić information content (AvgIpc) is 2.59. The molecule has 1 fully saturated rings. The van der Waals surface area contributed by atoms with Crippen molar-refractivity contribution in [2.45, 2.75) is 46.2 Å². The molecule has 1 saturated heterocycles. The Bertz CT molecular complexity index is 503. The van der Waals surface area contributed by atoms with E-state index in [1.54, 1.807) is 0 Å². The normalized spacial score (nSPS) is 20.1. The van der Waals surface area contributed by atoms with Gasteiger partial charge in [0.2, 0.25) is 5.91 Å². The maximum atomic E-state index is 12.5. The third-order valence-corrected chi connectivity index (χ3v) is 5.03. The number of carbonyl (C=O) groups excluding carboxylic acids is 1. The van der Waals surface area contributed by atoms with E-state index in [0.717, 1.165) is 32.7 Å². The second kappa shape index (κ2) is 9.19. The Morgan fingerprint density at radius 3 is 2.67 bits per heavy atom. The van der Waals surface area contributed by atoms with Crippen LogP contribution in [0.5, 0.6) is 0 Å². The van der Waals surface area contributed by atoms with E-state index in [1.807, 2.05) is 18.7 Å². The molecule has 1 heterocycles. The summed E-state index contributed by atoms with van der Waals surface area (Å²) >= 11 is 0. The summed E-state index contributed by atoms with van der Waals surface area (Å²) < 4.78 is 0. The first-order chi connectivity index (χ1) is 11.5. The summed E-state index contributed by atoms with van der Waals surface area (Å²) in [5.41, 5.74) is 7.43. The number of hydrogen-bond acceptors (Lipinski definition) is 3. The van der Waals surface area contributed by atoms with Crippen molar-refractivity contribution in [3.8, 4) is 0 Å². The molecule has 1 amide bonds. The van der Waals surface area contributed by atoms with Gasteiger partial charge in [0.25, 0.3) is 0 Å². The van der Waals surface area contributed by atoms with Gasteiger partial charge in [-0.3, -0.25) is 9.69 Å². The number of likely N-dealkylation sites (N-methyl/N-ethyl adjacent to an activating group) is 1. The number of nitrogens with zero attached hydrogens (tertiary/aromatic N) is 2. The van der Waals surface area contributed by atoms with Crippen LogP contribution in [0.15, 0.2) is 30.3 Å². The van der Waals surface area contributed by atoms with Gasteiger partial charge in [-0.15, -0.1) is 0 Å². The zero-order chi connectivity index (χ0) is 17.5. The highest BCUT2D eigenvalue weighted by Gasteiger charge is 2.27. The lowest BCUT2D eigenvalue weighted by Gasteiger charge is -2.36. The number of amides is 1. The van der Waals surface area contributed by atoms with Gasteiger partial charge in [0, 0.05) is 26.2 Å². The Labute approximate surface area is 147 Å². The van der Waals surface area contributed by atoms with E-state index >= 15 is 0 Å². The zero-order valence-electron chi connectivity index (χ0n) is 15.4. The fraction of sp³-hybridized carbons (Fsp3) is 0.650. The van der Waals surface area contributed by atoms with Crippen LogP contribution in [0.2, 0.25) is 0 Å². The molecule has 0 bridgehead atoms. The van der Waals surface area contributed by atoms with Crippen molar-refractivity contribution in [2.75, 3.05) is 26.2 Å². The molecule has 0 radical (unpaired) electrons. The lowest BCUT2D eigenvalue weighted by Crippen LogP contribution is -2.49. The molecule has 0 aliphatic carbocycles. The second-order valence-electron chi connectivity index (χ2n) is 7.38. The minimum atomic E-state index is -0.381. The highest BCUT2D eigenvalue weighted by atomic mass is 16.2. The van der Waals surface area contributed by atoms with Gasteiger partial charge in [0.05, 0.1) is 6.04 Å². The zero-order valence-corrected chi connectivity index (χ0v) is 15.4. The summed E-state index contributed by atoms with van der Waals surface area (Å²) in [5.74, 6) is 0.839. The quantitative estimate of drug-likeness (QED) is 0.836. The molecule has 2 rings (SSSR count). The first kappa shape index (κ1) is 18.9. The Hall–Kier alpha value is -1.39. The molecule has 1 aromatic carbocycles. The number of nitrogens with two attached hydrogens (primary N) is 1. The first-order valence-electron chi connectivity index (χ1n) is 9.32. The fourth-order valence-electron chi connectivity index (χ4n) is 3.47. The molecule has 1 aromatic rings. The molecule has 134 valence electrons. The molecule has 2 N–H and O–H groups in total. The first-order valence-corrected chi connectivity index (χ1v) is 9.32. The SMILES string of the molecule is CCN(CC1CCCN(Cc2ccccc2)C1)C(=O)[C@@H](N)C(C)C. The van der Waals surface area contributed by atoms with Crippen LogP contribution >= 0.6 is 0 Å². The van der Waals surface area contributed by atoms with E-state index in [0.29, 0.717) is 5.92 Å². The van der Waals surface area contributed by atoms with Gasteiger partial charge in [-0.1, -0.05) is 44.2 Å². The van der Waals surface area contributed by atoms with Crippen LogP contribution in [0, 0.1) is 11.8 Å². The van der Waals surface area contributed by atoms with Crippen LogP contribution in [0.4, 0.5) is 0 Å². The minimum Gasteiger partial charge on any atom is -0.341 e. The summed E-state index contributed by atoms with van der Waals surface area (Å²) in [4.78, 5) is 17.0. The molecule has 0 saturated carbocycles. The number of rotatable bonds is 7. The van der Waals surface area contributed by atoms with Crippen LogP contribution < -0.4 is 5.73 Å². The van der Waals surface area contributed by atoms with Crippen molar-refractivity contribution in [2.24, 2.45) is 17.6 Å². The highest BCUT2D eigenvalue weighted by molar-refractivity contribution is 5.81. The lowest BCUT2D eigenvalue weighted by atomic mass is 9.96. The number of benzene rings is 1. The van der Waals surface area contributed by atoms with Crippen molar-refractivity contribution in [3.63, 3.8) is 0 Å². The Morgan fingerprint density at radius 1 is 1.33 bits per heavy atom. The molecule has 4 heteroatoms. The molecule has 0 aromatic heterocycles. The molecule has 2 atom stereocenters. The van der Waals surface area contributed by atoms with Crippen molar-refractivity contribution in [3.05, 3.63) is 35.9 Å². The van der Waals surface area contributed by atoms with E-state index in [1.165, 1.54) is 18.4 Å². The van der Waals surface area contributed by atoms with Crippen LogP contribution in [-0.2, 0) is 11.3 Å². The van der Waals surface area contributed by atoms with Crippen molar-refractivity contribution < 1.29 is 4.79 Å². The maximum absolute atomic E-state index is 12.5. The molecular weight excluding hydrogens is 298 g/mol. The highest BCUT2D eigenvalue weighted by Crippen LogP contribution is 2.20. The number of hydrogen-bond donors (Lipinski definition) is 1. The average molecular weight is 332 g/mol. The molecule has 24 heavy (non-hydrogen) atoms. The van der Waals surface area contributed by atoms with Crippen molar-refractivity contribution in [1.82, 2.24) is 9.80 Å². The molecule has 1 aliphatic heterocycles. The molecular formula is C20H33N3O. The van der Waals surface area contributed by atoms with Gasteiger partial charge < -0.3 is 10.6 Å². The minimum absolute atomic E-state index is 0.104. The molecule has 0 spiro atoms. The van der Waals surface area contributed by atoms with E-state index in [-0.39, 0.29) is 17.9 Å². The van der Waals surface area contributed by atoms with Gasteiger partial charge in [-0.25, -0.2) is 0 Å². The monoisotopic (exact) mass is 331 g/mol. The van der Waals surface area contributed by atoms with E-state index in [9.17, 15) is 4.79 Å². The van der Waals surface area contributed by atoms with Crippen LogP contribution in [0.1, 0.15) is 39.2 Å². The van der Waals surface area contributed by atoms with Crippen LogP contribution in [-0.4, -0.2) is 47.9 Å². The summed E-state index contributed by atoms with van der Waals surface area (Å²) in [7, 11) is 0. The predicted molar refractivity (Wildman–Crippen MR) is 99.5 cm³/mol. The number of likely N-dealkylation sites (tertiary alicyclic amines) is 1. The van der Waals surface area contributed by atoms with E-state index in [2.05, 4.69) is 42.2 Å². The van der Waals surface area contributed by atoms with Gasteiger partial charge in [-0.05, 0) is 43.7 Å². The number of piperidine rings is 1. The maximum Gasteiger partial charge on any atom is 0.239 e. The molecule has 4 nitrogen and oxygen atoms in total. The molecule has 1 unspecified atom stereocenters. The topological polar surface area (TPSA) is 49.6 Å². The van der Waals surface area contributed by atoms with Gasteiger partial charge in [-0.2, -0.15) is 0 Å². The van der Waals surface area contributed by atoms with Gasteiger partial charge >= 0.3 is 0 Å². The second-order valence-corrected chi connectivity index (χ2v) is 7.38.